The van der Waals surface area contributed by atoms with Gasteiger partial charge in [-0.25, -0.2) is 0 Å². The summed E-state index contributed by atoms with van der Waals surface area (Å²) >= 11 is 0. The molecule has 2 aromatic carbocycles. The van der Waals surface area contributed by atoms with E-state index in [2.05, 4.69) is 0 Å². The van der Waals surface area contributed by atoms with Gasteiger partial charge in [0.1, 0.15) is 24.0 Å². The number of ether oxygens (including phenoxy) is 2. The van der Waals surface area contributed by atoms with E-state index in [-0.39, 0.29) is 11.5 Å². The molecule has 8 nitrogen and oxygen atoms in total. The van der Waals surface area contributed by atoms with Gasteiger partial charge in [-0.15, -0.1) is 0 Å². The van der Waals surface area contributed by atoms with E-state index in [4.69, 9.17) is 9.47 Å². The Kier molecular flexibility index (Phi) is 3.43. The van der Waals surface area contributed by atoms with Crippen LogP contribution in [0, 0.1) is 11.8 Å². The highest BCUT2D eigenvalue weighted by Gasteiger charge is 2.60. The molecule has 8 heteroatoms. The van der Waals surface area contributed by atoms with Crippen molar-refractivity contribution >= 4 is 11.9 Å². The maximum absolute atomic E-state index is 12.4. The molecule has 2 aromatic rings. The van der Waals surface area contributed by atoms with Gasteiger partial charge in [0.2, 0.25) is 0 Å². The Morgan fingerprint density at radius 2 is 1.00 bits per heavy atom. The van der Waals surface area contributed by atoms with Crippen molar-refractivity contribution in [3.05, 3.63) is 47.5 Å². The molecular weight excluding hydrogens is 344 g/mol. The summed E-state index contributed by atoms with van der Waals surface area (Å²) in [5.74, 6) is -4.59. The van der Waals surface area contributed by atoms with Crippen LogP contribution >= 0.6 is 0 Å². The maximum atomic E-state index is 12.4. The molecule has 4 rings (SSSR count). The van der Waals surface area contributed by atoms with E-state index in [9.17, 15) is 30.0 Å². The minimum Gasteiger partial charge on any atom is -0.504 e. The molecule has 134 valence electrons. The Hall–Kier alpha value is -3.42. The molecule has 0 spiro atoms. The number of hydrogen-bond donors (Lipinski definition) is 4. The van der Waals surface area contributed by atoms with Crippen LogP contribution in [0.5, 0.6) is 23.0 Å². The third-order valence-electron chi connectivity index (χ3n) is 4.73. The highest BCUT2D eigenvalue weighted by atomic mass is 16.6. The van der Waals surface area contributed by atoms with Gasteiger partial charge < -0.3 is 29.9 Å². The largest absolute Gasteiger partial charge is 0.504 e. The summed E-state index contributed by atoms with van der Waals surface area (Å²) < 4.78 is 10.7. The number of benzene rings is 2. The second-order valence-electron chi connectivity index (χ2n) is 6.26. The Labute approximate surface area is 146 Å². The predicted molar refractivity (Wildman–Crippen MR) is 84.2 cm³/mol. The number of phenolic OH excluding ortho intramolecular Hbond substituents is 4. The molecule has 2 aliphatic heterocycles. The number of carbonyl (C=O) groups is 2. The van der Waals surface area contributed by atoms with Crippen LogP contribution in [-0.2, 0) is 19.1 Å². The highest BCUT2D eigenvalue weighted by molar-refractivity contribution is 5.89. The Bertz CT molecular complexity index is 846. The van der Waals surface area contributed by atoms with Gasteiger partial charge in [-0.05, 0) is 35.4 Å². The summed E-state index contributed by atoms with van der Waals surface area (Å²) in [6.07, 6.45) is -1.91. The fourth-order valence-electron chi connectivity index (χ4n) is 3.46. The normalized spacial score (nSPS) is 27.1. The Morgan fingerprint density at radius 1 is 0.615 bits per heavy atom. The number of aromatic hydroxyl groups is 4. The van der Waals surface area contributed by atoms with Gasteiger partial charge in [0.05, 0.1) is 0 Å². The zero-order chi connectivity index (χ0) is 18.6. The molecule has 0 saturated carbocycles. The van der Waals surface area contributed by atoms with Crippen LogP contribution in [0.25, 0.3) is 0 Å². The van der Waals surface area contributed by atoms with Crippen molar-refractivity contribution in [1.29, 1.82) is 0 Å². The van der Waals surface area contributed by atoms with E-state index in [1.54, 1.807) is 0 Å². The minimum atomic E-state index is -0.956. The van der Waals surface area contributed by atoms with Crippen LogP contribution in [-0.4, -0.2) is 32.4 Å². The zero-order valence-electron chi connectivity index (χ0n) is 13.2. The molecule has 2 aliphatic rings. The van der Waals surface area contributed by atoms with E-state index in [1.165, 1.54) is 36.4 Å². The van der Waals surface area contributed by atoms with Crippen molar-refractivity contribution in [1.82, 2.24) is 0 Å². The van der Waals surface area contributed by atoms with Gasteiger partial charge in [-0.1, -0.05) is 12.1 Å². The summed E-state index contributed by atoms with van der Waals surface area (Å²) in [6, 6.07) is 7.82. The summed E-state index contributed by atoms with van der Waals surface area (Å²) in [5.41, 5.74) is 0.708. The molecule has 0 aromatic heterocycles. The second-order valence-corrected chi connectivity index (χ2v) is 6.26. The first kappa shape index (κ1) is 16.1. The van der Waals surface area contributed by atoms with Crippen molar-refractivity contribution in [2.75, 3.05) is 0 Å². The van der Waals surface area contributed by atoms with Crippen molar-refractivity contribution in [2.24, 2.45) is 11.8 Å². The molecule has 26 heavy (non-hydrogen) atoms. The summed E-state index contributed by atoms with van der Waals surface area (Å²) in [4.78, 5) is 24.8. The summed E-state index contributed by atoms with van der Waals surface area (Å²) in [6.45, 7) is 0. The standard InChI is InChI=1S/C18H14O8/c19-9-3-1-7(5-11(9)21)15-13-14(18(24)25-15)16(26-17(13)23)8-2-4-10(20)12(22)6-8/h1-6,13-16,19-22H/t13?,14?,15-,16-/m1/s1. The number of carbonyl (C=O) groups excluding carboxylic acids is 2. The van der Waals surface area contributed by atoms with Gasteiger partial charge >= 0.3 is 11.9 Å². The average molecular weight is 358 g/mol. The SMILES string of the molecule is O=C1O[C@H](c2ccc(O)c(O)c2)C2C(=O)O[C@H](c3ccc(O)c(O)c3)C12. The van der Waals surface area contributed by atoms with Crippen LogP contribution in [0.2, 0.25) is 0 Å². The van der Waals surface area contributed by atoms with Crippen LogP contribution in [0.15, 0.2) is 36.4 Å². The van der Waals surface area contributed by atoms with E-state index in [1.807, 2.05) is 0 Å². The molecule has 0 radical (unpaired) electrons. The lowest BCUT2D eigenvalue weighted by Crippen LogP contribution is -2.19. The number of fused-ring (bicyclic) bond motifs is 1. The lowest BCUT2D eigenvalue weighted by Gasteiger charge is -2.15. The Morgan fingerprint density at radius 3 is 1.35 bits per heavy atom. The van der Waals surface area contributed by atoms with Gasteiger partial charge in [-0.2, -0.15) is 0 Å². The lowest BCUT2D eigenvalue weighted by molar-refractivity contribution is -0.154. The van der Waals surface area contributed by atoms with E-state index in [0.717, 1.165) is 0 Å². The number of esters is 2. The third kappa shape index (κ3) is 2.30. The molecule has 2 saturated heterocycles. The number of cyclic esters (lactones) is 2. The van der Waals surface area contributed by atoms with Crippen LogP contribution in [0.1, 0.15) is 23.3 Å². The highest BCUT2D eigenvalue weighted by Crippen LogP contribution is 2.52. The van der Waals surface area contributed by atoms with Crippen molar-refractivity contribution in [3.63, 3.8) is 0 Å². The number of hydrogen-bond acceptors (Lipinski definition) is 8. The van der Waals surface area contributed by atoms with Gasteiger partial charge in [-0.3, -0.25) is 9.59 Å². The monoisotopic (exact) mass is 358 g/mol. The summed E-state index contributed by atoms with van der Waals surface area (Å²) in [5, 5.41) is 38.2. The third-order valence-corrected chi connectivity index (χ3v) is 4.73. The van der Waals surface area contributed by atoms with Gasteiger partial charge in [0.15, 0.2) is 23.0 Å². The predicted octanol–water partition coefficient (Wildman–Crippen LogP) is 1.64. The molecule has 2 unspecified atom stereocenters. The number of phenols is 4. The quantitative estimate of drug-likeness (QED) is 0.470. The maximum Gasteiger partial charge on any atom is 0.314 e. The smallest absolute Gasteiger partial charge is 0.314 e. The fourth-order valence-corrected chi connectivity index (χ4v) is 3.46. The molecule has 0 amide bonds. The van der Waals surface area contributed by atoms with Gasteiger partial charge in [0.25, 0.3) is 0 Å². The molecule has 0 bridgehead atoms. The molecule has 2 fully saturated rings. The lowest BCUT2D eigenvalue weighted by atomic mass is 9.84. The van der Waals surface area contributed by atoms with Crippen LogP contribution in [0.4, 0.5) is 0 Å². The summed E-state index contributed by atoms with van der Waals surface area (Å²) in [7, 11) is 0. The fraction of sp³-hybridized carbons (Fsp3) is 0.222. The first-order valence-electron chi connectivity index (χ1n) is 7.81. The zero-order valence-corrected chi connectivity index (χ0v) is 13.2. The number of rotatable bonds is 2. The first-order chi connectivity index (χ1) is 12.4. The molecule has 2 heterocycles. The van der Waals surface area contributed by atoms with Crippen molar-refractivity contribution in [2.45, 2.75) is 12.2 Å². The van der Waals surface area contributed by atoms with Crippen LogP contribution < -0.4 is 0 Å². The van der Waals surface area contributed by atoms with E-state index >= 15 is 0 Å². The Balaban J connectivity index is 1.71. The second kappa shape index (κ2) is 5.55. The van der Waals surface area contributed by atoms with Crippen LogP contribution in [0.3, 0.4) is 0 Å². The molecule has 4 atom stereocenters. The first-order valence-corrected chi connectivity index (χ1v) is 7.81. The average Bonchev–Trinajstić information content (AvgIpc) is 3.12. The minimum absolute atomic E-state index is 0.332. The van der Waals surface area contributed by atoms with Crippen molar-refractivity contribution in [3.8, 4) is 23.0 Å². The van der Waals surface area contributed by atoms with E-state index < -0.39 is 47.5 Å². The topological polar surface area (TPSA) is 134 Å². The molecule has 0 aliphatic carbocycles. The van der Waals surface area contributed by atoms with Gasteiger partial charge in [0, 0.05) is 0 Å². The van der Waals surface area contributed by atoms with Crippen molar-refractivity contribution < 1.29 is 39.5 Å². The molecule has 4 N–H and O–H groups in total. The van der Waals surface area contributed by atoms with E-state index in [0.29, 0.717) is 11.1 Å². The molecular formula is C18H14O8.